The van der Waals surface area contributed by atoms with Crippen molar-refractivity contribution in [3.63, 3.8) is 0 Å². The van der Waals surface area contributed by atoms with E-state index >= 15 is 0 Å². The van der Waals surface area contributed by atoms with Crippen LogP contribution in [-0.2, 0) is 16.0 Å². The van der Waals surface area contributed by atoms with Crippen LogP contribution in [0.2, 0.25) is 5.02 Å². The van der Waals surface area contributed by atoms with Crippen LogP contribution in [-0.4, -0.2) is 17.7 Å². The number of carbonyl (C=O) groups excluding carboxylic acids is 1. The first-order valence-electron chi connectivity index (χ1n) is 4.20. The molecule has 3 nitrogen and oxygen atoms in total. The van der Waals surface area contributed by atoms with Gasteiger partial charge in [0, 0.05) is 18.4 Å². The molecule has 0 aliphatic carbocycles. The number of esters is 1. The maximum Gasteiger partial charge on any atom is 0.302 e. The lowest BCUT2D eigenvalue weighted by atomic mass is 10.1. The van der Waals surface area contributed by atoms with Gasteiger partial charge < -0.3 is 9.84 Å². The molecule has 76 valence electrons. The van der Waals surface area contributed by atoms with Crippen molar-refractivity contribution >= 4 is 17.6 Å². The SMILES string of the molecule is CC(=O)OCCc1cc(O)cc(Cl)c1. The Bertz CT molecular complexity index is 316. The summed E-state index contributed by atoms with van der Waals surface area (Å²) in [6.45, 7) is 1.66. The first kappa shape index (κ1) is 10.9. The molecule has 0 spiro atoms. The first-order valence-corrected chi connectivity index (χ1v) is 4.57. The number of benzene rings is 1. The quantitative estimate of drug-likeness (QED) is 0.785. The molecule has 0 bridgehead atoms. The molecule has 0 saturated heterocycles. The zero-order valence-electron chi connectivity index (χ0n) is 7.79. The average Bonchev–Trinajstić information content (AvgIpc) is 2.01. The minimum Gasteiger partial charge on any atom is -0.508 e. The van der Waals surface area contributed by atoms with Gasteiger partial charge in [-0.2, -0.15) is 0 Å². The summed E-state index contributed by atoms with van der Waals surface area (Å²) in [6, 6.07) is 4.77. The van der Waals surface area contributed by atoms with E-state index in [1.807, 2.05) is 0 Å². The van der Waals surface area contributed by atoms with Crippen molar-refractivity contribution in [1.82, 2.24) is 0 Å². The molecule has 0 aliphatic heterocycles. The van der Waals surface area contributed by atoms with Crippen molar-refractivity contribution in [2.45, 2.75) is 13.3 Å². The molecule has 1 N–H and O–H groups in total. The summed E-state index contributed by atoms with van der Waals surface area (Å²) in [5, 5.41) is 9.69. The lowest BCUT2D eigenvalue weighted by molar-refractivity contribution is -0.140. The molecule has 14 heavy (non-hydrogen) atoms. The molecule has 0 aliphatic rings. The highest BCUT2D eigenvalue weighted by Gasteiger charge is 1.99. The first-order chi connectivity index (χ1) is 6.58. The van der Waals surface area contributed by atoms with E-state index in [0.29, 0.717) is 18.1 Å². The van der Waals surface area contributed by atoms with Gasteiger partial charge >= 0.3 is 5.97 Å². The molecule has 1 rings (SSSR count). The lowest BCUT2D eigenvalue weighted by Crippen LogP contribution is -2.03. The molecule has 0 heterocycles. The number of phenols is 1. The number of halogens is 1. The summed E-state index contributed by atoms with van der Waals surface area (Å²) < 4.78 is 4.76. The fourth-order valence-electron chi connectivity index (χ4n) is 1.09. The number of rotatable bonds is 3. The fraction of sp³-hybridized carbons (Fsp3) is 0.300. The molecule has 1 aromatic carbocycles. The van der Waals surface area contributed by atoms with E-state index in [-0.39, 0.29) is 11.7 Å². The van der Waals surface area contributed by atoms with Crippen LogP contribution in [0.3, 0.4) is 0 Å². The standard InChI is InChI=1S/C10H11ClO3/c1-7(12)14-3-2-8-4-9(11)6-10(13)5-8/h4-6,13H,2-3H2,1H3. The third-order valence-electron chi connectivity index (χ3n) is 1.64. The molecule has 0 amide bonds. The van der Waals surface area contributed by atoms with E-state index in [0.717, 1.165) is 5.56 Å². The molecule has 0 radical (unpaired) electrons. The van der Waals surface area contributed by atoms with E-state index in [1.165, 1.54) is 13.0 Å². The molecular formula is C10H11ClO3. The van der Waals surface area contributed by atoms with Crippen LogP contribution in [0, 0.1) is 0 Å². The summed E-state index contributed by atoms with van der Waals surface area (Å²) in [4.78, 5) is 10.5. The Morgan fingerprint density at radius 3 is 2.79 bits per heavy atom. The van der Waals surface area contributed by atoms with Crippen LogP contribution in [0.4, 0.5) is 0 Å². The second kappa shape index (κ2) is 4.86. The molecule has 0 saturated carbocycles. The molecule has 0 fully saturated rings. The maximum absolute atomic E-state index is 10.5. The van der Waals surface area contributed by atoms with E-state index in [1.54, 1.807) is 12.1 Å². The van der Waals surface area contributed by atoms with E-state index in [2.05, 4.69) is 0 Å². The highest BCUT2D eigenvalue weighted by Crippen LogP contribution is 2.19. The Kier molecular flexibility index (Phi) is 3.77. The van der Waals surface area contributed by atoms with Crippen molar-refractivity contribution in [3.05, 3.63) is 28.8 Å². The topological polar surface area (TPSA) is 46.5 Å². The van der Waals surface area contributed by atoms with Crippen molar-refractivity contribution in [3.8, 4) is 5.75 Å². The summed E-state index contributed by atoms with van der Waals surface area (Å²) in [5.41, 5.74) is 0.844. The van der Waals surface area contributed by atoms with E-state index < -0.39 is 0 Å². The van der Waals surface area contributed by atoms with Crippen LogP contribution in [0.25, 0.3) is 0 Å². The van der Waals surface area contributed by atoms with Gasteiger partial charge in [-0.1, -0.05) is 11.6 Å². The highest BCUT2D eigenvalue weighted by atomic mass is 35.5. The number of hydrogen-bond acceptors (Lipinski definition) is 3. The minimum atomic E-state index is -0.309. The zero-order valence-corrected chi connectivity index (χ0v) is 8.54. The van der Waals surface area contributed by atoms with Crippen molar-refractivity contribution in [1.29, 1.82) is 0 Å². The predicted octanol–water partition coefficient (Wildman–Crippen LogP) is 2.15. The molecule has 0 aromatic heterocycles. The minimum absolute atomic E-state index is 0.121. The van der Waals surface area contributed by atoms with Crippen LogP contribution in [0.5, 0.6) is 5.75 Å². The van der Waals surface area contributed by atoms with Gasteiger partial charge in [0.05, 0.1) is 6.61 Å². The summed E-state index contributed by atoms with van der Waals surface area (Å²) in [5.74, 6) is -0.188. The molecule has 1 aromatic rings. The van der Waals surface area contributed by atoms with E-state index in [9.17, 15) is 9.90 Å². The van der Waals surface area contributed by atoms with Crippen LogP contribution >= 0.6 is 11.6 Å². The zero-order chi connectivity index (χ0) is 10.6. The maximum atomic E-state index is 10.5. The van der Waals surface area contributed by atoms with Gasteiger partial charge in [0.25, 0.3) is 0 Å². The second-order valence-corrected chi connectivity index (χ2v) is 3.34. The van der Waals surface area contributed by atoms with Gasteiger partial charge in [0.2, 0.25) is 0 Å². The molecule has 0 unspecified atom stereocenters. The highest BCUT2D eigenvalue weighted by molar-refractivity contribution is 6.30. The van der Waals surface area contributed by atoms with Gasteiger partial charge in [0.15, 0.2) is 0 Å². The molecular weight excluding hydrogens is 204 g/mol. The lowest BCUT2D eigenvalue weighted by Gasteiger charge is -2.03. The Morgan fingerprint density at radius 2 is 2.21 bits per heavy atom. The number of ether oxygens (including phenoxy) is 1. The largest absolute Gasteiger partial charge is 0.508 e. The Hall–Kier alpha value is -1.22. The van der Waals surface area contributed by atoms with Crippen LogP contribution in [0.1, 0.15) is 12.5 Å². The number of carbonyl (C=O) groups is 1. The third-order valence-corrected chi connectivity index (χ3v) is 1.86. The Labute approximate surface area is 87.3 Å². The second-order valence-electron chi connectivity index (χ2n) is 2.91. The van der Waals surface area contributed by atoms with Crippen molar-refractivity contribution in [2.24, 2.45) is 0 Å². The Morgan fingerprint density at radius 1 is 1.50 bits per heavy atom. The van der Waals surface area contributed by atoms with Gasteiger partial charge in [-0.05, 0) is 23.8 Å². The molecule has 4 heteroatoms. The van der Waals surface area contributed by atoms with Gasteiger partial charge in [-0.3, -0.25) is 4.79 Å². The number of phenolic OH excluding ortho intramolecular Hbond substituents is 1. The van der Waals surface area contributed by atoms with Crippen LogP contribution < -0.4 is 0 Å². The van der Waals surface area contributed by atoms with Crippen molar-refractivity contribution < 1.29 is 14.6 Å². The monoisotopic (exact) mass is 214 g/mol. The summed E-state index contributed by atoms with van der Waals surface area (Å²) in [6.07, 6.45) is 0.549. The van der Waals surface area contributed by atoms with Crippen LogP contribution in [0.15, 0.2) is 18.2 Å². The van der Waals surface area contributed by atoms with E-state index in [4.69, 9.17) is 16.3 Å². The number of hydrogen-bond donors (Lipinski definition) is 1. The summed E-state index contributed by atoms with van der Waals surface area (Å²) >= 11 is 5.72. The number of aromatic hydroxyl groups is 1. The van der Waals surface area contributed by atoms with Gasteiger partial charge in [0.1, 0.15) is 5.75 Å². The summed E-state index contributed by atoms with van der Waals surface area (Å²) in [7, 11) is 0. The smallest absolute Gasteiger partial charge is 0.302 e. The fourth-order valence-corrected chi connectivity index (χ4v) is 1.34. The van der Waals surface area contributed by atoms with Gasteiger partial charge in [-0.25, -0.2) is 0 Å². The Balaban J connectivity index is 2.54. The van der Waals surface area contributed by atoms with Crippen molar-refractivity contribution in [2.75, 3.05) is 6.61 Å². The average molecular weight is 215 g/mol. The van der Waals surface area contributed by atoms with Gasteiger partial charge in [-0.15, -0.1) is 0 Å². The predicted molar refractivity (Wildman–Crippen MR) is 53.5 cm³/mol. The normalized spacial score (nSPS) is 9.86. The third kappa shape index (κ3) is 3.66. The molecule has 0 atom stereocenters.